The van der Waals surface area contributed by atoms with Gasteiger partial charge in [0.25, 0.3) is 5.91 Å². The molecule has 1 amide bonds. The summed E-state index contributed by atoms with van der Waals surface area (Å²) in [5, 5.41) is 7.38. The molecule has 1 aromatic heterocycles. The van der Waals surface area contributed by atoms with Crippen molar-refractivity contribution in [1.82, 2.24) is 19.7 Å². The van der Waals surface area contributed by atoms with Crippen molar-refractivity contribution in [3.05, 3.63) is 47.4 Å². The number of anilines is 1. The average Bonchev–Trinajstić information content (AvgIpc) is 3.20. The fraction of sp³-hybridized carbons (Fsp3) is 0.429. The Balaban J connectivity index is 1.83. The van der Waals surface area contributed by atoms with Crippen LogP contribution >= 0.6 is 0 Å². The van der Waals surface area contributed by atoms with Gasteiger partial charge in [0.15, 0.2) is 6.61 Å². The number of fused-ring (bicyclic) bond motifs is 1. The first kappa shape index (κ1) is 21.4. The third kappa shape index (κ3) is 4.29. The molecule has 0 radical (unpaired) electrons. The molecule has 1 aromatic carbocycles. The first-order chi connectivity index (χ1) is 14.5. The van der Waals surface area contributed by atoms with Gasteiger partial charge in [-0.15, -0.1) is 0 Å². The number of carbonyl (C=O) groups is 2. The molecule has 1 N–H and O–H groups in total. The monoisotopic (exact) mass is 413 g/mol. The van der Waals surface area contributed by atoms with Crippen LogP contribution in [0.25, 0.3) is 0 Å². The normalized spacial score (nSPS) is 15.3. The van der Waals surface area contributed by atoms with Gasteiger partial charge in [0.2, 0.25) is 5.95 Å². The lowest BCUT2D eigenvalue weighted by atomic mass is 9.96. The van der Waals surface area contributed by atoms with Crippen LogP contribution in [0.1, 0.15) is 39.3 Å². The van der Waals surface area contributed by atoms with E-state index in [-0.39, 0.29) is 19.1 Å². The number of hydrogen-bond acceptors (Lipinski definition) is 7. The van der Waals surface area contributed by atoms with E-state index in [0.29, 0.717) is 36.1 Å². The number of nitrogens with one attached hydrogen (secondary N) is 1. The lowest BCUT2D eigenvalue weighted by Gasteiger charge is -2.28. The Hall–Kier alpha value is -3.36. The van der Waals surface area contributed by atoms with E-state index in [4.69, 9.17) is 9.47 Å². The van der Waals surface area contributed by atoms with Crippen LogP contribution in [0.3, 0.4) is 0 Å². The number of amides is 1. The largest absolute Gasteiger partial charge is 0.484 e. The molecule has 2 heterocycles. The highest BCUT2D eigenvalue weighted by molar-refractivity contribution is 5.92. The third-order valence-electron chi connectivity index (χ3n) is 4.96. The van der Waals surface area contributed by atoms with Crippen molar-refractivity contribution in [2.45, 2.75) is 33.7 Å². The summed E-state index contributed by atoms with van der Waals surface area (Å²) >= 11 is 0. The van der Waals surface area contributed by atoms with E-state index >= 15 is 0 Å². The van der Waals surface area contributed by atoms with Gasteiger partial charge in [0.1, 0.15) is 18.1 Å². The van der Waals surface area contributed by atoms with Crippen LogP contribution < -0.4 is 10.1 Å². The molecule has 0 aliphatic carbocycles. The van der Waals surface area contributed by atoms with Gasteiger partial charge in [0, 0.05) is 18.8 Å². The summed E-state index contributed by atoms with van der Waals surface area (Å²) in [6.45, 7) is 9.01. The van der Waals surface area contributed by atoms with Crippen molar-refractivity contribution in [2.24, 2.45) is 0 Å². The molecule has 2 aromatic rings. The number of likely N-dealkylation sites (N-methyl/N-ethyl adjacent to an activating group) is 1. The van der Waals surface area contributed by atoms with Crippen molar-refractivity contribution in [2.75, 3.05) is 31.6 Å². The summed E-state index contributed by atoms with van der Waals surface area (Å²) in [5.74, 6) is 0.665. The zero-order valence-corrected chi connectivity index (χ0v) is 17.7. The zero-order chi connectivity index (χ0) is 21.7. The summed E-state index contributed by atoms with van der Waals surface area (Å²) in [6, 6.07) is 6.79. The minimum atomic E-state index is -0.478. The van der Waals surface area contributed by atoms with E-state index in [0.717, 1.165) is 5.56 Å². The fourth-order valence-electron chi connectivity index (χ4n) is 3.43. The Morgan fingerprint density at radius 1 is 1.17 bits per heavy atom. The molecule has 3 rings (SSSR count). The first-order valence-corrected chi connectivity index (χ1v) is 10.0. The molecule has 9 heteroatoms. The van der Waals surface area contributed by atoms with Crippen molar-refractivity contribution >= 4 is 17.8 Å². The number of carbonyl (C=O) groups excluding carboxylic acids is 2. The second-order valence-electron chi connectivity index (χ2n) is 6.74. The van der Waals surface area contributed by atoms with Crippen LogP contribution in [0, 0.1) is 0 Å². The lowest BCUT2D eigenvalue weighted by Crippen LogP contribution is -2.34. The molecular formula is C21H27N5O4. The van der Waals surface area contributed by atoms with Gasteiger partial charge < -0.3 is 19.7 Å². The van der Waals surface area contributed by atoms with Gasteiger partial charge in [-0.3, -0.25) is 4.79 Å². The summed E-state index contributed by atoms with van der Waals surface area (Å²) < 4.78 is 12.6. The second-order valence-corrected chi connectivity index (χ2v) is 6.74. The quantitative estimate of drug-likeness (QED) is 0.664. The van der Waals surface area contributed by atoms with Gasteiger partial charge in [-0.25, -0.2) is 9.48 Å². The molecule has 0 saturated carbocycles. The minimum Gasteiger partial charge on any atom is -0.484 e. The molecular weight excluding hydrogens is 386 g/mol. The second kappa shape index (κ2) is 9.43. The Morgan fingerprint density at radius 2 is 1.87 bits per heavy atom. The number of esters is 1. The molecule has 0 saturated heterocycles. The topological polar surface area (TPSA) is 98.6 Å². The molecule has 1 aliphatic heterocycles. The standard InChI is InChI=1S/C21H27N5O4/c1-5-25(6-2)17(27)12-30-16-10-8-15(9-11-16)19-18(20(28)29-7-3)14(4)24-21-22-13-23-26(19)21/h8-11,13,19H,5-7,12H2,1-4H3,(H,22,23,24). The first-order valence-electron chi connectivity index (χ1n) is 10.0. The van der Waals surface area contributed by atoms with Gasteiger partial charge in [0.05, 0.1) is 12.2 Å². The molecule has 1 aliphatic rings. The predicted octanol–water partition coefficient (Wildman–Crippen LogP) is 2.38. The number of benzene rings is 1. The van der Waals surface area contributed by atoms with Crippen LogP contribution in [0.5, 0.6) is 5.75 Å². The highest BCUT2D eigenvalue weighted by Gasteiger charge is 2.34. The molecule has 1 atom stereocenters. The van der Waals surface area contributed by atoms with Crippen LogP contribution in [0.4, 0.5) is 5.95 Å². The summed E-state index contributed by atoms with van der Waals surface area (Å²) in [6.07, 6.45) is 1.44. The fourth-order valence-corrected chi connectivity index (χ4v) is 3.43. The number of ether oxygens (including phenoxy) is 2. The van der Waals surface area contributed by atoms with E-state index in [2.05, 4.69) is 15.4 Å². The zero-order valence-electron chi connectivity index (χ0n) is 17.7. The number of hydrogen-bond donors (Lipinski definition) is 1. The average molecular weight is 413 g/mol. The maximum absolute atomic E-state index is 12.6. The van der Waals surface area contributed by atoms with Crippen molar-refractivity contribution < 1.29 is 19.1 Å². The Kier molecular flexibility index (Phi) is 6.71. The molecule has 1 unspecified atom stereocenters. The molecule has 160 valence electrons. The SMILES string of the molecule is CCOC(=O)C1=C(C)Nc2ncnn2C1c1ccc(OCC(=O)N(CC)CC)cc1. The maximum Gasteiger partial charge on any atom is 0.338 e. The summed E-state index contributed by atoms with van der Waals surface area (Å²) in [7, 11) is 0. The van der Waals surface area contributed by atoms with Crippen LogP contribution in [0.2, 0.25) is 0 Å². The minimum absolute atomic E-state index is 0.0192. The van der Waals surface area contributed by atoms with E-state index in [9.17, 15) is 9.59 Å². The number of allylic oxidation sites excluding steroid dienone is 1. The molecule has 0 bridgehead atoms. The van der Waals surface area contributed by atoms with Crippen LogP contribution in [0.15, 0.2) is 41.9 Å². The predicted molar refractivity (Wildman–Crippen MR) is 111 cm³/mol. The molecule has 9 nitrogen and oxygen atoms in total. The highest BCUT2D eigenvalue weighted by atomic mass is 16.5. The van der Waals surface area contributed by atoms with Crippen molar-refractivity contribution in [1.29, 1.82) is 0 Å². The van der Waals surface area contributed by atoms with E-state index in [1.807, 2.05) is 32.9 Å². The maximum atomic E-state index is 12.6. The van der Waals surface area contributed by atoms with Crippen LogP contribution in [-0.4, -0.2) is 57.8 Å². The number of rotatable bonds is 8. The van der Waals surface area contributed by atoms with Gasteiger partial charge in [-0.05, 0) is 45.4 Å². The number of nitrogens with zero attached hydrogens (tertiary/aromatic N) is 4. The molecule has 30 heavy (non-hydrogen) atoms. The Morgan fingerprint density at radius 3 is 2.50 bits per heavy atom. The van der Waals surface area contributed by atoms with Crippen molar-refractivity contribution in [3.8, 4) is 5.75 Å². The molecule has 0 spiro atoms. The molecule has 0 fully saturated rings. The highest BCUT2D eigenvalue weighted by Crippen LogP contribution is 2.35. The third-order valence-corrected chi connectivity index (χ3v) is 4.96. The Labute approximate surface area is 175 Å². The van der Waals surface area contributed by atoms with Gasteiger partial charge >= 0.3 is 5.97 Å². The summed E-state index contributed by atoms with van der Waals surface area (Å²) in [4.78, 5) is 30.7. The van der Waals surface area contributed by atoms with E-state index in [1.165, 1.54) is 6.33 Å². The van der Waals surface area contributed by atoms with E-state index in [1.54, 1.807) is 28.6 Å². The van der Waals surface area contributed by atoms with Gasteiger partial charge in [-0.2, -0.15) is 10.1 Å². The number of aromatic nitrogens is 3. The Bertz CT molecular complexity index is 931. The smallest absolute Gasteiger partial charge is 0.338 e. The van der Waals surface area contributed by atoms with Gasteiger partial charge in [-0.1, -0.05) is 12.1 Å². The van der Waals surface area contributed by atoms with Crippen LogP contribution in [-0.2, 0) is 14.3 Å². The lowest BCUT2D eigenvalue weighted by molar-refractivity contribution is -0.139. The summed E-state index contributed by atoms with van der Waals surface area (Å²) in [5.41, 5.74) is 1.97. The van der Waals surface area contributed by atoms with Crippen molar-refractivity contribution in [3.63, 3.8) is 0 Å². The van der Waals surface area contributed by atoms with E-state index < -0.39 is 12.0 Å².